The van der Waals surface area contributed by atoms with Crippen LogP contribution in [0.5, 0.6) is 0 Å². The summed E-state index contributed by atoms with van der Waals surface area (Å²) in [6.07, 6.45) is 0.943. The van der Waals surface area contributed by atoms with Crippen molar-refractivity contribution < 1.29 is 23.1 Å². The molecule has 2 amide bonds. The molecule has 0 aliphatic carbocycles. The van der Waals surface area contributed by atoms with E-state index in [2.05, 4.69) is 10.6 Å². The number of amides is 2. The zero-order chi connectivity index (χ0) is 16.5. The molecule has 8 nitrogen and oxygen atoms in total. The molecular weight excluding hydrogens is 298 g/mol. The average molecular weight is 323 g/mol. The summed E-state index contributed by atoms with van der Waals surface area (Å²) in [5, 5.41) is 18.7. The highest BCUT2D eigenvalue weighted by atomic mass is 32.2. The maximum absolute atomic E-state index is 11.5. The van der Waals surface area contributed by atoms with Crippen molar-refractivity contribution in [1.29, 1.82) is 0 Å². The third-order valence-electron chi connectivity index (χ3n) is 2.71. The summed E-state index contributed by atoms with van der Waals surface area (Å²) < 4.78 is 21.4. The van der Waals surface area contributed by atoms with E-state index in [-0.39, 0.29) is 37.6 Å². The van der Waals surface area contributed by atoms with Crippen LogP contribution in [0.2, 0.25) is 0 Å². The molecule has 21 heavy (non-hydrogen) atoms. The van der Waals surface area contributed by atoms with Gasteiger partial charge in [-0.1, -0.05) is 13.8 Å². The lowest BCUT2D eigenvalue weighted by Gasteiger charge is -2.18. The van der Waals surface area contributed by atoms with Gasteiger partial charge in [0.2, 0.25) is 10.0 Å². The molecule has 9 heteroatoms. The lowest BCUT2D eigenvalue weighted by molar-refractivity contribution is -0.138. The summed E-state index contributed by atoms with van der Waals surface area (Å²) in [6, 6.07) is -0.441. The van der Waals surface area contributed by atoms with Gasteiger partial charge in [0.15, 0.2) is 0 Å². The second-order valence-electron chi connectivity index (χ2n) is 5.45. The number of aliphatic carboxylic acids is 1. The van der Waals surface area contributed by atoms with Crippen molar-refractivity contribution >= 4 is 22.0 Å². The number of nitrogens with one attached hydrogen (secondary N) is 2. The van der Waals surface area contributed by atoms with E-state index >= 15 is 0 Å². The van der Waals surface area contributed by atoms with E-state index in [0.29, 0.717) is 12.3 Å². The molecule has 1 unspecified atom stereocenters. The summed E-state index contributed by atoms with van der Waals surface area (Å²) in [6.45, 7) is 4.44. The molecule has 0 rings (SSSR count). The molecule has 0 aliphatic heterocycles. The van der Waals surface area contributed by atoms with E-state index in [9.17, 15) is 18.0 Å². The number of carbonyl (C=O) groups excluding carboxylic acids is 1. The molecule has 0 saturated heterocycles. The van der Waals surface area contributed by atoms with Gasteiger partial charge in [0.1, 0.15) is 0 Å². The van der Waals surface area contributed by atoms with Crippen LogP contribution in [0.25, 0.3) is 0 Å². The number of carboxylic acids is 1. The monoisotopic (exact) mass is 323 g/mol. The van der Waals surface area contributed by atoms with E-state index in [1.165, 1.54) is 0 Å². The standard InChI is InChI=1S/C12H25N3O5S/c1-9(2)6-10(7-11(16)17)8-15-12(18)14-4-3-5-21(13,19)20/h9-10H,3-8H2,1-2H3,(H,16,17)(H2,13,19,20)(H2,14,15,18). The van der Waals surface area contributed by atoms with Crippen molar-refractivity contribution in [2.75, 3.05) is 18.8 Å². The minimum atomic E-state index is -3.51. The van der Waals surface area contributed by atoms with Gasteiger partial charge in [0.25, 0.3) is 0 Å². The number of sulfonamides is 1. The van der Waals surface area contributed by atoms with E-state index < -0.39 is 22.0 Å². The summed E-state index contributed by atoms with van der Waals surface area (Å²) >= 11 is 0. The Bertz CT molecular complexity index is 436. The Hall–Kier alpha value is -1.35. The Morgan fingerprint density at radius 2 is 1.86 bits per heavy atom. The molecule has 5 N–H and O–H groups in total. The largest absolute Gasteiger partial charge is 0.481 e. The molecule has 0 aliphatic rings. The SMILES string of the molecule is CC(C)CC(CNC(=O)NCCCS(N)(=O)=O)CC(=O)O. The quantitative estimate of drug-likeness (QED) is 0.422. The molecule has 1 atom stereocenters. The maximum Gasteiger partial charge on any atom is 0.314 e. The highest BCUT2D eigenvalue weighted by molar-refractivity contribution is 7.89. The van der Waals surface area contributed by atoms with Gasteiger partial charge in [0, 0.05) is 19.5 Å². The molecule has 124 valence electrons. The molecule has 0 heterocycles. The van der Waals surface area contributed by atoms with Crippen LogP contribution < -0.4 is 15.8 Å². The van der Waals surface area contributed by atoms with Crippen molar-refractivity contribution in [2.24, 2.45) is 17.0 Å². The van der Waals surface area contributed by atoms with E-state index in [0.717, 1.165) is 0 Å². The highest BCUT2D eigenvalue weighted by Crippen LogP contribution is 2.14. The summed E-state index contributed by atoms with van der Waals surface area (Å²) in [4.78, 5) is 22.2. The first-order valence-corrected chi connectivity index (χ1v) is 8.55. The normalized spacial score (nSPS) is 13.0. The Morgan fingerprint density at radius 3 is 2.33 bits per heavy atom. The predicted molar refractivity (Wildman–Crippen MR) is 79.2 cm³/mol. The number of carboxylic acid groups (broad SMARTS) is 1. The molecule has 0 saturated carbocycles. The Morgan fingerprint density at radius 1 is 1.24 bits per heavy atom. The Kier molecular flexibility index (Phi) is 8.95. The van der Waals surface area contributed by atoms with Crippen LogP contribution in [-0.2, 0) is 14.8 Å². The second kappa shape index (κ2) is 9.56. The fraction of sp³-hybridized carbons (Fsp3) is 0.833. The van der Waals surface area contributed by atoms with Crippen molar-refractivity contribution in [3.63, 3.8) is 0 Å². The van der Waals surface area contributed by atoms with Crippen molar-refractivity contribution in [1.82, 2.24) is 10.6 Å². The van der Waals surface area contributed by atoms with Gasteiger partial charge in [0.05, 0.1) is 5.75 Å². The summed E-state index contributed by atoms with van der Waals surface area (Å²) in [5.74, 6) is -0.870. The van der Waals surface area contributed by atoms with E-state index in [1.807, 2.05) is 13.8 Å². The lowest BCUT2D eigenvalue weighted by atomic mass is 9.94. The predicted octanol–water partition coefficient (Wildman–Crippen LogP) is 0.101. The average Bonchev–Trinajstić information content (AvgIpc) is 2.29. The summed E-state index contributed by atoms with van der Waals surface area (Å²) in [7, 11) is -3.51. The summed E-state index contributed by atoms with van der Waals surface area (Å²) in [5.41, 5.74) is 0. The van der Waals surface area contributed by atoms with E-state index in [4.69, 9.17) is 10.2 Å². The molecule has 0 spiro atoms. The molecule has 0 fully saturated rings. The van der Waals surface area contributed by atoms with Gasteiger partial charge in [-0.3, -0.25) is 4.79 Å². The number of primary sulfonamides is 1. The van der Waals surface area contributed by atoms with Gasteiger partial charge in [-0.05, 0) is 24.7 Å². The number of hydrogen-bond donors (Lipinski definition) is 4. The molecule has 0 aromatic carbocycles. The molecule has 0 bridgehead atoms. The number of nitrogens with two attached hydrogens (primary N) is 1. The maximum atomic E-state index is 11.5. The third kappa shape index (κ3) is 13.4. The highest BCUT2D eigenvalue weighted by Gasteiger charge is 2.16. The number of urea groups is 1. The van der Waals surface area contributed by atoms with Crippen molar-refractivity contribution in [3.05, 3.63) is 0 Å². The third-order valence-corrected chi connectivity index (χ3v) is 3.57. The zero-order valence-electron chi connectivity index (χ0n) is 12.5. The Balaban J connectivity index is 3.98. The van der Waals surface area contributed by atoms with Crippen LogP contribution in [0.1, 0.15) is 33.1 Å². The molecule has 0 radical (unpaired) electrons. The van der Waals surface area contributed by atoms with Crippen LogP contribution in [0.15, 0.2) is 0 Å². The van der Waals surface area contributed by atoms with Gasteiger partial charge >= 0.3 is 12.0 Å². The van der Waals surface area contributed by atoms with Crippen molar-refractivity contribution in [3.8, 4) is 0 Å². The van der Waals surface area contributed by atoms with Crippen LogP contribution in [0.3, 0.4) is 0 Å². The minimum Gasteiger partial charge on any atom is -0.481 e. The Labute approximate surface area is 125 Å². The fourth-order valence-electron chi connectivity index (χ4n) is 1.93. The van der Waals surface area contributed by atoms with Gasteiger partial charge < -0.3 is 15.7 Å². The van der Waals surface area contributed by atoms with E-state index in [1.54, 1.807) is 0 Å². The molecule has 0 aromatic heterocycles. The molecular formula is C12H25N3O5S. The number of rotatable bonds is 10. The first-order valence-electron chi connectivity index (χ1n) is 6.84. The number of carbonyl (C=O) groups is 2. The zero-order valence-corrected chi connectivity index (χ0v) is 13.3. The number of hydrogen-bond acceptors (Lipinski definition) is 4. The van der Waals surface area contributed by atoms with Gasteiger partial charge in [-0.2, -0.15) is 0 Å². The van der Waals surface area contributed by atoms with Crippen LogP contribution in [-0.4, -0.2) is 44.4 Å². The van der Waals surface area contributed by atoms with Gasteiger partial charge in [-0.15, -0.1) is 0 Å². The van der Waals surface area contributed by atoms with Crippen LogP contribution >= 0.6 is 0 Å². The topological polar surface area (TPSA) is 139 Å². The minimum absolute atomic E-state index is 0.00385. The van der Waals surface area contributed by atoms with Crippen LogP contribution in [0, 0.1) is 11.8 Å². The first kappa shape index (κ1) is 19.7. The van der Waals surface area contributed by atoms with Crippen LogP contribution in [0.4, 0.5) is 4.79 Å². The second-order valence-corrected chi connectivity index (χ2v) is 7.18. The van der Waals surface area contributed by atoms with Gasteiger partial charge in [-0.25, -0.2) is 18.4 Å². The van der Waals surface area contributed by atoms with Crippen molar-refractivity contribution in [2.45, 2.75) is 33.1 Å². The first-order chi connectivity index (χ1) is 9.60. The fourth-order valence-corrected chi connectivity index (χ4v) is 2.47. The molecule has 0 aromatic rings. The smallest absolute Gasteiger partial charge is 0.314 e. The lowest BCUT2D eigenvalue weighted by Crippen LogP contribution is -2.39.